The Balaban J connectivity index is 1.85. The van der Waals surface area contributed by atoms with Crippen LogP contribution < -0.4 is 4.74 Å². The first kappa shape index (κ1) is 19.1. The maximum Gasteiger partial charge on any atom is 0.573 e. The molecule has 0 saturated heterocycles. The van der Waals surface area contributed by atoms with E-state index < -0.39 is 12.4 Å². The van der Waals surface area contributed by atoms with Crippen molar-refractivity contribution >= 4 is 28.9 Å². The van der Waals surface area contributed by atoms with Crippen LogP contribution in [0.2, 0.25) is 0 Å². The summed E-state index contributed by atoms with van der Waals surface area (Å²) < 4.78 is 55.0. The molecule has 1 aliphatic heterocycles. The largest absolute Gasteiger partial charge is 0.573 e. The van der Waals surface area contributed by atoms with Crippen LogP contribution in [0.3, 0.4) is 0 Å². The molecular weight excluding hydrogens is 465 g/mol. The zero-order chi connectivity index (χ0) is 19.1. The topological polar surface area (TPSA) is 29.5 Å². The zero-order valence-corrected chi connectivity index (χ0v) is 15.7. The molecule has 0 saturated carbocycles. The van der Waals surface area contributed by atoms with Gasteiger partial charge in [0.05, 0.1) is 6.04 Å². The van der Waals surface area contributed by atoms with Crippen LogP contribution in [0.25, 0.3) is 0 Å². The second-order valence-corrected chi connectivity index (χ2v) is 7.17. The lowest BCUT2D eigenvalue weighted by Gasteiger charge is -2.28. The molecule has 2 aromatic carbocycles. The second-order valence-electron chi connectivity index (χ2n) is 6.01. The number of halogens is 5. The van der Waals surface area contributed by atoms with Gasteiger partial charge in [-0.2, -0.15) is 0 Å². The van der Waals surface area contributed by atoms with Crippen LogP contribution in [0.15, 0.2) is 36.4 Å². The van der Waals surface area contributed by atoms with Crippen molar-refractivity contribution in [3.05, 3.63) is 62.5 Å². The summed E-state index contributed by atoms with van der Waals surface area (Å²) in [7, 11) is 0. The predicted molar refractivity (Wildman–Crippen MR) is 95.0 cm³/mol. The lowest BCUT2D eigenvalue weighted by atomic mass is 10.0. The number of hydrogen-bond donors (Lipinski definition) is 0. The Bertz CT molecular complexity index is 823. The van der Waals surface area contributed by atoms with Gasteiger partial charge in [0.2, 0.25) is 0 Å². The number of carbonyl (C=O) groups is 1. The summed E-state index contributed by atoms with van der Waals surface area (Å²) in [6, 6.07) is 7.55. The first-order valence-corrected chi connectivity index (χ1v) is 8.82. The van der Waals surface area contributed by atoms with Crippen LogP contribution in [-0.4, -0.2) is 17.5 Å². The fraction of sp³-hybridized carbons (Fsp3) is 0.278. The van der Waals surface area contributed by atoms with Crippen LogP contribution in [0.4, 0.5) is 17.6 Å². The molecule has 0 amide bonds. The van der Waals surface area contributed by atoms with Crippen molar-refractivity contribution in [3.8, 4) is 5.75 Å². The Hall–Kier alpha value is -1.68. The first-order chi connectivity index (χ1) is 12.2. The molecule has 0 fully saturated rings. The number of hydrogen-bond acceptors (Lipinski definition) is 3. The SMILES string of the molecule is CC(c1ccc(OC(F)(F)F)cc1)N1Cc2cc(F)cc(I)c2C1C=O. The molecule has 0 aromatic heterocycles. The van der Waals surface area contributed by atoms with E-state index in [1.807, 2.05) is 34.4 Å². The lowest BCUT2D eigenvalue weighted by molar-refractivity contribution is -0.274. The van der Waals surface area contributed by atoms with E-state index in [9.17, 15) is 22.4 Å². The van der Waals surface area contributed by atoms with Gasteiger partial charge in [-0.25, -0.2) is 4.39 Å². The number of alkyl halides is 3. The highest BCUT2D eigenvalue weighted by Crippen LogP contribution is 2.41. The predicted octanol–water partition coefficient (Wildman–Crippen LogP) is 5.15. The molecule has 2 atom stereocenters. The molecule has 0 radical (unpaired) electrons. The van der Waals surface area contributed by atoms with Crippen molar-refractivity contribution in [2.75, 3.05) is 0 Å². The first-order valence-electron chi connectivity index (χ1n) is 7.74. The highest BCUT2D eigenvalue weighted by Gasteiger charge is 2.36. The third-order valence-corrected chi connectivity index (χ3v) is 5.30. The summed E-state index contributed by atoms with van der Waals surface area (Å²) in [6.07, 6.45) is -3.93. The molecule has 0 N–H and O–H groups in total. The summed E-state index contributed by atoms with van der Waals surface area (Å²) in [4.78, 5) is 13.6. The van der Waals surface area contributed by atoms with Gasteiger partial charge in [0.25, 0.3) is 0 Å². The van der Waals surface area contributed by atoms with Crippen LogP contribution in [0.1, 0.15) is 35.7 Å². The number of fused-ring (bicyclic) bond motifs is 1. The van der Waals surface area contributed by atoms with Crippen molar-refractivity contribution in [1.29, 1.82) is 0 Å². The monoisotopic (exact) mass is 479 g/mol. The molecule has 3 rings (SSSR count). The lowest BCUT2D eigenvalue weighted by Crippen LogP contribution is -2.26. The fourth-order valence-electron chi connectivity index (χ4n) is 3.22. The van der Waals surface area contributed by atoms with E-state index in [0.717, 1.165) is 23.0 Å². The second kappa shape index (κ2) is 7.15. The Labute approximate surface area is 161 Å². The zero-order valence-electron chi connectivity index (χ0n) is 13.6. The van der Waals surface area contributed by atoms with Crippen LogP contribution >= 0.6 is 22.6 Å². The van der Waals surface area contributed by atoms with Gasteiger partial charge in [-0.3, -0.25) is 4.90 Å². The highest BCUT2D eigenvalue weighted by molar-refractivity contribution is 14.1. The van der Waals surface area contributed by atoms with E-state index >= 15 is 0 Å². The molecule has 1 aliphatic rings. The normalized spacial score (nSPS) is 18.5. The third kappa shape index (κ3) is 3.85. The number of carbonyl (C=O) groups excluding carboxylic acids is 1. The average molecular weight is 479 g/mol. The molecule has 138 valence electrons. The van der Waals surface area contributed by atoms with Gasteiger partial charge < -0.3 is 9.53 Å². The minimum absolute atomic E-state index is 0.253. The Morgan fingerprint density at radius 3 is 2.50 bits per heavy atom. The number of nitrogens with zero attached hydrogens (tertiary/aromatic N) is 1. The molecular formula is C18H14F4INO2. The summed E-state index contributed by atoms with van der Waals surface area (Å²) >= 11 is 2.01. The summed E-state index contributed by atoms with van der Waals surface area (Å²) in [5.74, 6) is -0.664. The third-order valence-electron chi connectivity index (χ3n) is 4.41. The molecule has 0 bridgehead atoms. The quantitative estimate of drug-likeness (QED) is 0.346. The minimum atomic E-state index is -4.74. The van der Waals surface area contributed by atoms with Crippen molar-refractivity contribution in [3.63, 3.8) is 0 Å². The highest BCUT2D eigenvalue weighted by atomic mass is 127. The van der Waals surface area contributed by atoms with Crippen molar-refractivity contribution in [1.82, 2.24) is 4.90 Å². The number of aldehydes is 1. The summed E-state index contributed by atoms with van der Waals surface area (Å²) in [5, 5.41) is 0. The molecule has 2 aromatic rings. The molecule has 0 aliphatic carbocycles. The van der Waals surface area contributed by atoms with Crippen molar-refractivity contribution < 1.29 is 27.1 Å². The van der Waals surface area contributed by atoms with Gasteiger partial charge in [0, 0.05) is 16.2 Å². The summed E-state index contributed by atoms with van der Waals surface area (Å²) in [6.45, 7) is 2.24. The standard InChI is InChI=1S/C18H14F4INO2/c1-10(11-2-4-14(5-3-11)26-18(20,21)22)24-8-12-6-13(19)7-15(23)17(12)16(24)9-25/h2-7,9-10,16H,8H2,1H3. The van der Waals surface area contributed by atoms with Crippen LogP contribution in [-0.2, 0) is 11.3 Å². The number of benzene rings is 2. The van der Waals surface area contributed by atoms with Gasteiger partial charge in [-0.1, -0.05) is 12.1 Å². The van der Waals surface area contributed by atoms with E-state index in [2.05, 4.69) is 4.74 Å². The maximum absolute atomic E-state index is 13.7. The van der Waals surface area contributed by atoms with Gasteiger partial charge in [0.1, 0.15) is 17.9 Å². The smallest absolute Gasteiger partial charge is 0.406 e. The molecule has 8 heteroatoms. The van der Waals surface area contributed by atoms with E-state index in [4.69, 9.17) is 0 Å². The molecule has 0 spiro atoms. The van der Waals surface area contributed by atoms with Crippen molar-refractivity contribution in [2.24, 2.45) is 0 Å². The van der Waals surface area contributed by atoms with E-state index in [1.54, 1.807) is 0 Å². The van der Waals surface area contributed by atoms with Gasteiger partial charge in [-0.05, 0) is 70.5 Å². The van der Waals surface area contributed by atoms with Gasteiger partial charge in [0.15, 0.2) is 0 Å². The van der Waals surface area contributed by atoms with Gasteiger partial charge in [-0.15, -0.1) is 13.2 Å². The Morgan fingerprint density at radius 2 is 1.92 bits per heavy atom. The Kier molecular flexibility index (Phi) is 5.25. The minimum Gasteiger partial charge on any atom is -0.406 e. The van der Waals surface area contributed by atoms with Crippen molar-refractivity contribution in [2.45, 2.75) is 31.9 Å². The van der Waals surface area contributed by atoms with E-state index in [1.165, 1.54) is 36.4 Å². The summed E-state index contributed by atoms with van der Waals surface area (Å²) in [5.41, 5.74) is 2.26. The fourth-order valence-corrected chi connectivity index (χ4v) is 4.19. The molecule has 3 nitrogen and oxygen atoms in total. The van der Waals surface area contributed by atoms with E-state index in [-0.39, 0.29) is 17.6 Å². The van der Waals surface area contributed by atoms with Gasteiger partial charge >= 0.3 is 6.36 Å². The number of ether oxygens (including phenoxy) is 1. The Morgan fingerprint density at radius 1 is 1.27 bits per heavy atom. The molecule has 26 heavy (non-hydrogen) atoms. The van der Waals surface area contributed by atoms with E-state index in [0.29, 0.717) is 10.1 Å². The molecule has 2 unspecified atom stereocenters. The van der Waals surface area contributed by atoms with Crippen LogP contribution in [0.5, 0.6) is 5.75 Å². The van der Waals surface area contributed by atoms with Crippen LogP contribution in [0, 0.1) is 9.39 Å². The maximum atomic E-state index is 13.7. The molecule has 1 heterocycles. The number of rotatable bonds is 4. The average Bonchev–Trinajstić information content (AvgIpc) is 2.92.